The van der Waals surface area contributed by atoms with Gasteiger partial charge in [-0.25, -0.2) is 9.78 Å². The van der Waals surface area contributed by atoms with E-state index in [0.29, 0.717) is 0 Å². The molecule has 0 fully saturated rings. The molecule has 0 aliphatic rings. The summed E-state index contributed by atoms with van der Waals surface area (Å²) in [5.74, 6) is -1.73. The van der Waals surface area contributed by atoms with Crippen LogP contribution in [0.15, 0.2) is 6.07 Å². The summed E-state index contributed by atoms with van der Waals surface area (Å²) in [5.41, 5.74) is 10.3. The van der Waals surface area contributed by atoms with Crippen molar-refractivity contribution in [2.75, 3.05) is 12.8 Å². The number of esters is 1. The number of nitrogens with two attached hydrogens (primary N) is 2. The number of aromatic nitrogens is 1. The molecule has 0 atom stereocenters. The Hall–Kier alpha value is -2.03. The van der Waals surface area contributed by atoms with Gasteiger partial charge in [-0.3, -0.25) is 0 Å². The molecule has 1 rings (SSSR count). The van der Waals surface area contributed by atoms with Crippen LogP contribution >= 0.6 is 0 Å². The first-order valence-electron chi connectivity index (χ1n) is 4.62. The number of carbonyl (C=O) groups is 1. The summed E-state index contributed by atoms with van der Waals surface area (Å²) in [7, 11) is 1.06. The molecule has 0 radical (unpaired) electrons. The minimum atomic E-state index is -4.93. The summed E-state index contributed by atoms with van der Waals surface area (Å²) in [4.78, 5) is 14.8. The molecule has 100 valence electrons. The third-order valence-electron chi connectivity index (χ3n) is 1.93. The zero-order chi connectivity index (χ0) is 13.9. The quantitative estimate of drug-likeness (QED) is 0.784. The standard InChI is InChI=1S/C9H10F3N3O3/c1-17-8(16)4-2-6(18-9(10,11)12)15-5(3-13)7(4)14/h2H,3,13-14H2,1H3. The monoisotopic (exact) mass is 265 g/mol. The van der Waals surface area contributed by atoms with Gasteiger partial charge < -0.3 is 20.9 Å². The zero-order valence-corrected chi connectivity index (χ0v) is 9.25. The van der Waals surface area contributed by atoms with Crippen molar-refractivity contribution >= 4 is 11.7 Å². The molecule has 9 heteroatoms. The van der Waals surface area contributed by atoms with Crippen LogP contribution in [0.25, 0.3) is 0 Å². The van der Waals surface area contributed by atoms with Crippen molar-refractivity contribution in [2.45, 2.75) is 12.9 Å². The van der Waals surface area contributed by atoms with Crippen molar-refractivity contribution in [3.05, 3.63) is 17.3 Å². The maximum absolute atomic E-state index is 12.1. The van der Waals surface area contributed by atoms with E-state index in [2.05, 4.69) is 14.5 Å². The SMILES string of the molecule is COC(=O)c1cc(OC(F)(F)F)nc(CN)c1N. The lowest BCUT2D eigenvalue weighted by molar-refractivity contribution is -0.276. The molecule has 6 nitrogen and oxygen atoms in total. The van der Waals surface area contributed by atoms with Crippen LogP contribution in [-0.2, 0) is 11.3 Å². The number of anilines is 1. The molecule has 0 amide bonds. The summed E-state index contributed by atoms with van der Waals surface area (Å²) in [6.07, 6.45) is -4.93. The molecular formula is C9H10F3N3O3. The molecule has 0 unspecified atom stereocenters. The van der Waals surface area contributed by atoms with Gasteiger partial charge in [0.05, 0.1) is 24.1 Å². The maximum Gasteiger partial charge on any atom is 0.574 e. The predicted molar refractivity (Wildman–Crippen MR) is 54.6 cm³/mol. The third-order valence-corrected chi connectivity index (χ3v) is 1.93. The molecule has 0 aromatic carbocycles. The van der Waals surface area contributed by atoms with Gasteiger partial charge in [-0.2, -0.15) is 0 Å². The molecule has 1 aromatic heterocycles. The van der Waals surface area contributed by atoms with E-state index in [4.69, 9.17) is 11.5 Å². The Morgan fingerprint density at radius 3 is 2.56 bits per heavy atom. The van der Waals surface area contributed by atoms with Crippen LogP contribution in [0.3, 0.4) is 0 Å². The van der Waals surface area contributed by atoms with Gasteiger partial charge in [0.1, 0.15) is 0 Å². The van der Waals surface area contributed by atoms with Crippen LogP contribution in [0, 0.1) is 0 Å². The van der Waals surface area contributed by atoms with Crippen molar-refractivity contribution in [3.8, 4) is 5.88 Å². The smallest absolute Gasteiger partial charge is 0.465 e. The van der Waals surface area contributed by atoms with Crippen molar-refractivity contribution in [2.24, 2.45) is 5.73 Å². The fraction of sp³-hybridized carbons (Fsp3) is 0.333. The molecule has 1 aromatic rings. The minimum absolute atomic E-state index is 0.0860. The number of ether oxygens (including phenoxy) is 2. The normalized spacial score (nSPS) is 11.2. The number of halogens is 3. The Labute approximate surface area is 99.7 Å². The molecule has 18 heavy (non-hydrogen) atoms. The first kappa shape index (κ1) is 14.0. The Bertz CT molecular complexity index is 462. The van der Waals surface area contributed by atoms with Gasteiger partial charge in [0.2, 0.25) is 5.88 Å². The van der Waals surface area contributed by atoms with Crippen LogP contribution in [0.1, 0.15) is 16.1 Å². The average Bonchev–Trinajstić information content (AvgIpc) is 2.28. The van der Waals surface area contributed by atoms with Crippen molar-refractivity contribution in [3.63, 3.8) is 0 Å². The number of rotatable bonds is 3. The fourth-order valence-electron chi connectivity index (χ4n) is 1.19. The van der Waals surface area contributed by atoms with Crippen LogP contribution in [-0.4, -0.2) is 24.4 Å². The van der Waals surface area contributed by atoms with Gasteiger partial charge in [-0.05, 0) is 0 Å². The number of methoxy groups -OCH3 is 1. The highest BCUT2D eigenvalue weighted by atomic mass is 19.4. The van der Waals surface area contributed by atoms with Crippen molar-refractivity contribution in [1.29, 1.82) is 0 Å². The summed E-state index contributed by atoms with van der Waals surface area (Å²) in [6, 6.07) is 0.744. The van der Waals surface area contributed by atoms with Gasteiger partial charge >= 0.3 is 12.3 Å². The summed E-state index contributed by atoms with van der Waals surface area (Å²) in [6.45, 7) is -0.245. The lowest BCUT2D eigenvalue weighted by Gasteiger charge is -2.12. The Morgan fingerprint density at radius 2 is 2.11 bits per heavy atom. The second-order valence-electron chi connectivity index (χ2n) is 3.11. The molecule has 0 spiro atoms. The Kier molecular flexibility index (Phi) is 3.96. The van der Waals surface area contributed by atoms with E-state index in [9.17, 15) is 18.0 Å². The number of carbonyl (C=O) groups excluding carboxylic acids is 1. The van der Waals surface area contributed by atoms with E-state index < -0.39 is 18.2 Å². The zero-order valence-electron chi connectivity index (χ0n) is 9.25. The highest BCUT2D eigenvalue weighted by molar-refractivity contribution is 5.95. The van der Waals surface area contributed by atoms with E-state index in [-0.39, 0.29) is 23.5 Å². The number of hydrogen-bond donors (Lipinski definition) is 2. The van der Waals surface area contributed by atoms with E-state index in [1.54, 1.807) is 0 Å². The van der Waals surface area contributed by atoms with E-state index in [0.717, 1.165) is 13.2 Å². The third kappa shape index (κ3) is 3.23. The van der Waals surface area contributed by atoms with Gasteiger partial charge in [-0.1, -0.05) is 0 Å². The highest BCUT2D eigenvalue weighted by Gasteiger charge is 2.32. The van der Waals surface area contributed by atoms with Crippen molar-refractivity contribution < 1.29 is 27.4 Å². The largest absolute Gasteiger partial charge is 0.574 e. The van der Waals surface area contributed by atoms with E-state index in [1.807, 2.05) is 0 Å². The molecule has 0 aliphatic carbocycles. The Balaban J connectivity index is 3.26. The van der Waals surface area contributed by atoms with Gasteiger partial charge in [0.25, 0.3) is 0 Å². The fourth-order valence-corrected chi connectivity index (χ4v) is 1.19. The van der Waals surface area contributed by atoms with E-state index >= 15 is 0 Å². The molecule has 0 aliphatic heterocycles. The number of alkyl halides is 3. The minimum Gasteiger partial charge on any atom is -0.465 e. The molecule has 4 N–H and O–H groups in total. The van der Waals surface area contributed by atoms with Crippen molar-refractivity contribution in [1.82, 2.24) is 4.98 Å². The van der Waals surface area contributed by atoms with Gasteiger partial charge in [0, 0.05) is 12.6 Å². The molecular weight excluding hydrogens is 255 g/mol. The first-order chi connectivity index (χ1) is 8.28. The number of nitrogens with zero attached hydrogens (tertiary/aromatic N) is 1. The van der Waals surface area contributed by atoms with Gasteiger partial charge in [0.15, 0.2) is 0 Å². The van der Waals surface area contributed by atoms with Crippen LogP contribution < -0.4 is 16.2 Å². The topological polar surface area (TPSA) is 100 Å². The van der Waals surface area contributed by atoms with E-state index in [1.165, 1.54) is 0 Å². The summed E-state index contributed by atoms with van der Waals surface area (Å²) >= 11 is 0. The molecule has 0 bridgehead atoms. The van der Waals surface area contributed by atoms with Crippen LogP contribution in [0.4, 0.5) is 18.9 Å². The molecule has 0 saturated carbocycles. The lowest BCUT2D eigenvalue weighted by Crippen LogP contribution is -2.20. The number of nitrogen functional groups attached to an aromatic ring is 1. The highest BCUT2D eigenvalue weighted by Crippen LogP contribution is 2.26. The maximum atomic E-state index is 12.1. The molecule has 0 saturated heterocycles. The second-order valence-corrected chi connectivity index (χ2v) is 3.11. The van der Waals surface area contributed by atoms with Crippen LogP contribution in [0.2, 0.25) is 0 Å². The number of hydrogen-bond acceptors (Lipinski definition) is 6. The molecule has 1 heterocycles. The number of pyridine rings is 1. The first-order valence-corrected chi connectivity index (χ1v) is 4.62. The average molecular weight is 265 g/mol. The summed E-state index contributed by atoms with van der Waals surface area (Å²) < 4.78 is 44.1. The lowest BCUT2D eigenvalue weighted by atomic mass is 10.1. The van der Waals surface area contributed by atoms with Crippen LogP contribution in [0.5, 0.6) is 5.88 Å². The summed E-state index contributed by atoms with van der Waals surface area (Å²) in [5, 5.41) is 0. The second kappa shape index (κ2) is 5.08. The van der Waals surface area contributed by atoms with Gasteiger partial charge in [-0.15, -0.1) is 13.2 Å². The Morgan fingerprint density at radius 1 is 1.50 bits per heavy atom. The predicted octanol–water partition coefficient (Wildman–Crippen LogP) is 0.808.